The lowest BCUT2D eigenvalue weighted by atomic mass is 10.0. The molecule has 0 spiro atoms. The van der Waals surface area contributed by atoms with E-state index < -0.39 is 60.2 Å². The van der Waals surface area contributed by atoms with Crippen LogP contribution in [0.4, 0.5) is 0 Å². The first-order chi connectivity index (χ1) is 14.9. The molecule has 0 bridgehead atoms. The zero-order chi connectivity index (χ0) is 24.4. The number of phenolic OH excluding ortho intramolecular Hbond substituents is 1. The van der Waals surface area contributed by atoms with E-state index in [9.17, 15) is 29.1 Å². The van der Waals surface area contributed by atoms with Gasteiger partial charge < -0.3 is 37.0 Å². The average molecular weight is 471 g/mol. The van der Waals surface area contributed by atoms with Gasteiger partial charge in [-0.3, -0.25) is 19.2 Å². The van der Waals surface area contributed by atoms with Crippen LogP contribution in [0.1, 0.15) is 18.9 Å². The highest BCUT2D eigenvalue weighted by Crippen LogP contribution is 2.12. The van der Waals surface area contributed by atoms with Gasteiger partial charge in [-0.15, -0.1) is 0 Å². The molecule has 32 heavy (non-hydrogen) atoms. The van der Waals surface area contributed by atoms with Gasteiger partial charge in [-0.25, -0.2) is 4.79 Å². The number of nitrogens with two attached hydrogens (primary N) is 1. The van der Waals surface area contributed by atoms with Crippen molar-refractivity contribution < 1.29 is 39.3 Å². The summed E-state index contributed by atoms with van der Waals surface area (Å²) in [6.45, 7) is 1.36. The summed E-state index contributed by atoms with van der Waals surface area (Å²) in [5, 5.41) is 34.3. The number of carbonyl (C=O) groups excluding carboxylic acids is 3. The Balaban J connectivity index is 3.00. The molecule has 0 aliphatic carbocycles. The molecule has 0 aliphatic heterocycles. The molecule has 4 atom stereocenters. The molecule has 1 rings (SSSR count). The molecule has 0 saturated carbocycles. The Labute approximate surface area is 189 Å². The van der Waals surface area contributed by atoms with Gasteiger partial charge >= 0.3 is 11.9 Å². The molecule has 0 aliphatic rings. The van der Waals surface area contributed by atoms with Crippen LogP contribution in [0.25, 0.3) is 0 Å². The Morgan fingerprint density at radius 1 is 0.938 bits per heavy atom. The molecule has 0 saturated heterocycles. The Morgan fingerprint density at radius 3 is 2.00 bits per heavy atom. The number of aliphatic carboxylic acids is 2. The lowest BCUT2D eigenvalue weighted by Crippen LogP contribution is -2.57. The van der Waals surface area contributed by atoms with E-state index in [1.54, 1.807) is 0 Å². The van der Waals surface area contributed by atoms with E-state index in [2.05, 4.69) is 28.6 Å². The van der Waals surface area contributed by atoms with Crippen molar-refractivity contribution in [2.45, 2.75) is 43.9 Å². The van der Waals surface area contributed by atoms with Crippen LogP contribution in [-0.2, 0) is 30.4 Å². The first-order valence-electron chi connectivity index (χ1n) is 9.44. The van der Waals surface area contributed by atoms with Crippen molar-refractivity contribution in [2.24, 2.45) is 5.73 Å². The van der Waals surface area contributed by atoms with Crippen molar-refractivity contribution in [3.63, 3.8) is 0 Å². The van der Waals surface area contributed by atoms with Crippen molar-refractivity contribution >= 4 is 42.3 Å². The number of rotatable bonds is 12. The van der Waals surface area contributed by atoms with E-state index in [-0.39, 0.29) is 17.9 Å². The Bertz CT molecular complexity index is 848. The maximum atomic E-state index is 12.7. The Kier molecular flexibility index (Phi) is 10.4. The van der Waals surface area contributed by atoms with E-state index >= 15 is 0 Å². The monoisotopic (exact) mass is 470 g/mol. The largest absolute Gasteiger partial charge is 0.508 e. The van der Waals surface area contributed by atoms with Gasteiger partial charge in [0.15, 0.2) is 0 Å². The smallest absolute Gasteiger partial charge is 0.326 e. The molecule has 4 unspecified atom stereocenters. The van der Waals surface area contributed by atoms with Crippen molar-refractivity contribution in [2.75, 3.05) is 5.75 Å². The highest BCUT2D eigenvalue weighted by Gasteiger charge is 2.30. The molecule has 0 radical (unpaired) electrons. The van der Waals surface area contributed by atoms with Crippen LogP contribution in [0.5, 0.6) is 5.75 Å². The number of hydrogen-bond acceptors (Lipinski definition) is 8. The fraction of sp³-hybridized carbons (Fsp3) is 0.421. The topological polar surface area (TPSA) is 208 Å². The Morgan fingerprint density at radius 2 is 1.50 bits per heavy atom. The van der Waals surface area contributed by atoms with Gasteiger partial charge in [0.1, 0.15) is 23.9 Å². The number of aromatic hydroxyl groups is 1. The van der Waals surface area contributed by atoms with E-state index in [0.717, 1.165) is 0 Å². The summed E-state index contributed by atoms with van der Waals surface area (Å²) in [5.41, 5.74) is 6.06. The van der Waals surface area contributed by atoms with Gasteiger partial charge in [0, 0.05) is 12.2 Å². The highest BCUT2D eigenvalue weighted by molar-refractivity contribution is 7.80. The van der Waals surface area contributed by atoms with Crippen LogP contribution in [0.2, 0.25) is 0 Å². The number of benzene rings is 1. The van der Waals surface area contributed by atoms with Crippen molar-refractivity contribution in [3.05, 3.63) is 29.8 Å². The third-order valence-corrected chi connectivity index (χ3v) is 4.68. The maximum absolute atomic E-state index is 12.7. The summed E-state index contributed by atoms with van der Waals surface area (Å²) in [5.74, 6) is -5.30. The summed E-state index contributed by atoms with van der Waals surface area (Å²) < 4.78 is 0. The third-order valence-electron chi connectivity index (χ3n) is 4.29. The summed E-state index contributed by atoms with van der Waals surface area (Å²) >= 11 is 3.90. The fourth-order valence-electron chi connectivity index (χ4n) is 2.49. The standard InChI is InChI=1S/C19H26N4O8S/c1-9(21-17(28)12(20)8-32)16(27)22-13(6-10-2-4-11(24)5-3-10)18(29)23-14(19(30)31)7-15(25)26/h2-5,9,12-14,24,32H,6-8,20H2,1H3,(H,21,28)(H,22,27)(H,23,29)(H,25,26)(H,30,31). The van der Waals surface area contributed by atoms with Crippen molar-refractivity contribution in [1.29, 1.82) is 0 Å². The van der Waals surface area contributed by atoms with Crippen molar-refractivity contribution in [3.8, 4) is 5.75 Å². The molecule has 12 nitrogen and oxygen atoms in total. The summed E-state index contributed by atoms with van der Waals surface area (Å²) in [6.07, 6.45) is -0.969. The first kappa shape index (κ1) is 26.7. The molecule has 8 N–H and O–H groups in total. The van der Waals surface area contributed by atoms with Gasteiger partial charge in [-0.2, -0.15) is 12.6 Å². The summed E-state index contributed by atoms with van der Waals surface area (Å²) in [4.78, 5) is 59.2. The van der Waals surface area contributed by atoms with Crippen molar-refractivity contribution in [1.82, 2.24) is 16.0 Å². The molecule has 0 fully saturated rings. The predicted molar refractivity (Wildman–Crippen MR) is 115 cm³/mol. The van der Waals surface area contributed by atoms with Gasteiger partial charge in [-0.1, -0.05) is 12.1 Å². The molecular formula is C19H26N4O8S. The molecule has 176 valence electrons. The lowest BCUT2D eigenvalue weighted by molar-refractivity contribution is -0.147. The number of amides is 3. The van der Waals surface area contributed by atoms with Crippen LogP contribution in [-0.4, -0.2) is 74.9 Å². The van der Waals surface area contributed by atoms with Crippen LogP contribution in [0, 0.1) is 0 Å². The minimum absolute atomic E-state index is 0.0250. The number of carboxylic acids is 2. The third kappa shape index (κ3) is 8.81. The molecular weight excluding hydrogens is 444 g/mol. The lowest BCUT2D eigenvalue weighted by Gasteiger charge is -2.23. The maximum Gasteiger partial charge on any atom is 0.326 e. The second kappa shape index (κ2) is 12.5. The number of nitrogens with one attached hydrogen (secondary N) is 3. The molecule has 0 aromatic heterocycles. The first-order valence-corrected chi connectivity index (χ1v) is 10.1. The quantitative estimate of drug-likeness (QED) is 0.162. The van der Waals surface area contributed by atoms with Gasteiger partial charge in [0.25, 0.3) is 0 Å². The van der Waals surface area contributed by atoms with E-state index in [0.29, 0.717) is 5.56 Å². The van der Waals surface area contributed by atoms with Gasteiger partial charge in [0.05, 0.1) is 12.5 Å². The van der Waals surface area contributed by atoms with E-state index in [1.807, 2.05) is 0 Å². The number of carbonyl (C=O) groups is 5. The second-order valence-corrected chi connectivity index (χ2v) is 7.31. The van der Waals surface area contributed by atoms with Gasteiger partial charge in [-0.05, 0) is 24.6 Å². The summed E-state index contributed by atoms with van der Waals surface area (Å²) in [7, 11) is 0. The molecule has 0 heterocycles. The Hall–Kier alpha value is -3.32. The molecule has 1 aromatic rings. The minimum atomic E-state index is -1.72. The minimum Gasteiger partial charge on any atom is -0.508 e. The van der Waals surface area contributed by atoms with Crippen LogP contribution in [0.15, 0.2) is 24.3 Å². The zero-order valence-electron chi connectivity index (χ0n) is 17.1. The number of phenols is 1. The van der Waals surface area contributed by atoms with E-state index in [1.165, 1.54) is 31.2 Å². The van der Waals surface area contributed by atoms with Crippen LogP contribution in [0.3, 0.4) is 0 Å². The average Bonchev–Trinajstić information content (AvgIpc) is 2.72. The normalized spacial score (nSPS) is 14.3. The summed E-state index contributed by atoms with van der Waals surface area (Å²) in [6, 6.07) is 0.645. The van der Waals surface area contributed by atoms with Crippen LogP contribution < -0.4 is 21.7 Å². The number of hydrogen-bond donors (Lipinski definition) is 8. The second-order valence-electron chi connectivity index (χ2n) is 6.95. The zero-order valence-corrected chi connectivity index (χ0v) is 18.0. The predicted octanol–water partition coefficient (Wildman–Crippen LogP) is -1.77. The molecule has 3 amide bonds. The highest BCUT2D eigenvalue weighted by atomic mass is 32.1. The van der Waals surface area contributed by atoms with Gasteiger partial charge in [0.2, 0.25) is 17.7 Å². The fourth-order valence-corrected chi connectivity index (χ4v) is 2.66. The van der Waals surface area contributed by atoms with Crippen LogP contribution >= 0.6 is 12.6 Å². The van der Waals surface area contributed by atoms with E-state index in [4.69, 9.17) is 15.9 Å². The molecule has 13 heteroatoms. The molecule has 1 aromatic carbocycles. The SMILES string of the molecule is CC(NC(=O)C(N)CS)C(=O)NC(Cc1ccc(O)cc1)C(=O)NC(CC(=O)O)C(=O)O. The number of thiol groups is 1. The number of carboxylic acid groups (broad SMARTS) is 2.